The number of nitrogens with one attached hydrogen (secondary N) is 2. The summed E-state index contributed by atoms with van der Waals surface area (Å²) in [6, 6.07) is 18.9. The molecule has 25 heavy (non-hydrogen) atoms. The predicted octanol–water partition coefficient (Wildman–Crippen LogP) is 4.32. The lowest BCUT2D eigenvalue weighted by atomic mass is 9.99. The van der Waals surface area contributed by atoms with E-state index in [0.29, 0.717) is 11.4 Å². The zero-order valence-electron chi connectivity index (χ0n) is 13.6. The number of hydrogen-bond donors (Lipinski definition) is 2. The van der Waals surface area contributed by atoms with Crippen molar-refractivity contribution in [1.29, 1.82) is 0 Å². The largest absolute Gasteiger partial charge is 0.367 e. The van der Waals surface area contributed by atoms with Crippen LogP contribution in [0.4, 0.5) is 5.82 Å². The van der Waals surface area contributed by atoms with Gasteiger partial charge in [-0.25, -0.2) is 4.98 Å². The van der Waals surface area contributed by atoms with Gasteiger partial charge >= 0.3 is 0 Å². The van der Waals surface area contributed by atoms with Crippen LogP contribution in [0.3, 0.4) is 0 Å². The molecule has 4 nitrogen and oxygen atoms in total. The van der Waals surface area contributed by atoms with Crippen LogP contribution in [-0.2, 0) is 0 Å². The molecule has 0 aliphatic heterocycles. The topological polar surface area (TPSA) is 57.8 Å². The van der Waals surface area contributed by atoms with Gasteiger partial charge in [-0.2, -0.15) is 0 Å². The molecule has 2 N–H and O–H groups in total. The number of pyridine rings is 2. The van der Waals surface area contributed by atoms with Crippen LogP contribution in [0.2, 0.25) is 0 Å². The summed E-state index contributed by atoms with van der Waals surface area (Å²) in [5.41, 5.74) is 2.86. The molecule has 5 rings (SSSR count). The van der Waals surface area contributed by atoms with E-state index in [2.05, 4.69) is 40.6 Å². The maximum absolute atomic E-state index is 12.5. The third-order valence-corrected chi connectivity index (χ3v) is 4.74. The predicted molar refractivity (Wildman–Crippen MR) is 102 cm³/mol. The molecule has 122 valence electrons. The summed E-state index contributed by atoms with van der Waals surface area (Å²) in [6.45, 7) is 0. The van der Waals surface area contributed by atoms with Gasteiger partial charge in [0.2, 0.25) is 0 Å². The second-order valence-electron chi connectivity index (χ2n) is 6.57. The van der Waals surface area contributed by atoms with Crippen LogP contribution < -0.4 is 10.9 Å². The quantitative estimate of drug-likeness (QED) is 0.551. The Bertz CT molecular complexity index is 1140. The maximum atomic E-state index is 12.5. The highest BCUT2D eigenvalue weighted by molar-refractivity contribution is 6.10. The zero-order chi connectivity index (χ0) is 16.8. The molecular weight excluding hydrogens is 310 g/mol. The van der Waals surface area contributed by atoms with Gasteiger partial charge in [-0.1, -0.05) is 42.5 Å². The number of rotatable bonds is 3. The van der Waals surface area contributed by atoms with E-state index in [1.54, 1.807) is 6.20 Å². The van der Waals surface area contributed by atoms with Crippen LogP contribution >= 0.6 is 0 Å². The molecule has 0 unspecified atom stereocenters. The third kappa shape index (κ3) is 2.47. The minimum absolute atomic E-state index is 0.0989. The lowest BCUT2D eigenvalue weighted by molar-refractivity contribution is 1.13. The average Bonchev–Trinajstić information content (AvgIpc) is 3.46. The Kier molecular flexibility index (Phi) is 3.10. The lowest BCUT2D eigenvalue weighted by Crippen LogP contribution is -2.09. The van der Waals surface area contributed by atoms with Crippen molar-refractivity contribution in [3.8, 4) is 11.1 Å². The standard InChI is InChI=1S/C21H17N3O/c25-21-19-17-12-14(13-4-2-1-3-5-13)6-9-16(17)20(23-15-7-8-15)24-18(19)10-11-22-21/h1-6,9-12,15H,7-8H2,(H,22,25)(H,23,24). The minimum Gasteiger partial charge on any atom is -0.367 e. The Hall–Kier alpha value is -3.14. The second-order valence-corrected chi connectivity index (χ2v) is 6.57. The normalized spacial score (nSPS) is 14.1. The smallest absolute Gasteiger partial charge is 0.258 e. The van der Waals surface area contributed by atoms with E-state index in [-0.39, 0.29) is 5.56 Å². The number of H-pyrrole nitrogens is 1. The van der Waals surface area contributed by atoms with Crippen LogP contribution in [-0.4, -0.2) is 16.0 Å². The maximum Gasteiger partial charge on any atom is 0.258 e. The summed E-state index contributed by atoms with van der Waals surface area (Å²) in [7, 11) is 0. The number of hydrogen-bond acceptors (Lipinski definition) is 3. The van der Waals surface area contributed by atoms with Crippen LogP contribution in [0.5, 0.6) is 0 Å². The first-order chi connectivity index (χ1) is 12.3. The summed E-state index contributed by atoms with van der Waals surface area (Å²) < 4.78 is 0. The summed E-state index contributed by atoms with van der Waals surface area (Å²) >= 11 is 0. The molecule has 0 saturated heterocycles. The molecule has 2 aromatic heterocycles. The van der Waals surface area contributed by atoms with E-state index in [1.165, 1.54) is 12.8 Å². The van der Waals surface area contributed by atoms with E-state index in [9.17, 15) is 4.79 Å². The molecule has 2 heterocycles. The summed E-state index contributed by atoms with van der Waals surface area (Å²) in [6.07, 6.45) is 4.02. The van der Waals surface area contributed by atoms with Crippen molar-refractivity contribution in [1.82, 2.24) is 9.97 Å². The zero-order valence-corrected chi connectivity index (χ0v) is 13.6. The van der Waals surface area contributed by atoms with Crippen molar-refractivity contribution in [2.24, 2.45) is 0 Å². The minimum atomic E-state index is -0.0989. The Labute approximate surface area is 144 Å². The van der Waals surface area contributed by atoms with Crippen molar-refractivity contribution in [2.75, 3.05) is 5.32 Å². The number of aromatic nitrogens is 2. The number of nitrogens with zero attached hydrogens (tertiary/aromatic N) is 1. The molecule has 0 radical (unpaired) electrons. The van der Waals surface area contributed by atoms with Crippen LogP contribution in [0.1, 0.15) is 12.8 Å². The Morgan fingerprint density at radius 2 is 1.80 bits per heavy atom. The summed E-state index contributed by atoms with van der Waals surface area (Å²) in [5.74, 6) is 0.871. The first-order valence-corrected chi connectivity index (χ1v) is 8.57. The van der Waals surface area contributed by atoms with E-state index in [0.717, 1.165) is 33.2 Å². The van der Waals surface area contributed by atoms with Gasteiger partial charge < -0.3 is 10.3 Å². The molecule has 1 aliphatic carbocycles. The van der Waals surface area contributed by atoms with Gasteiger partial charge in [0.25, 0.3) is 5.56 Å². The molecule has 0 atom stereocenters. The number of anilines is 1. The van der Waals surface area contributed by atoms with E-state index in [1.807, 2.05) is 24.3 Å². The molecule has 0 amide bonds. The van der Waals surface area contributed by atoms with E-state index >= 15 is 0 Å². The third-order valence-electron chi connectivity index (χ3n) is 4.74. The summed E-state index contributed by atoms with van der Waals surface area (Å²) in [4.78, 5) is 20.0. The fourth-order valence-electron chi connectivity index (χ4n) is 3.30. The highest BCUT2D eigenvalue weighted by atomic mass is 16.1. The van der Waals surface area contributed by atoms with E-state index < -0.39 is 0 Å². The van der Waals surface area contributed by atoms with Crippen LogP contribution in [0.15, 0.2) is 65.6 Å². The monoisotopic (exact) mass is 327 g/mol. The highest BCUT2D eigenvalue weighted by Gasteiger charge is 2.23. The Morgan fingerprint density at radius 3 is 2.60 bits per heavy atom. The van der Waals surface area contributed by atoms with Crippen molar-refractivity contribution < 1.29 is 0 Å². The molecule has 4 aromatic rings. The van der Waals surface area contributed by atoms with Crippen LogP contribution in [0.25, 0.3) is 32.8 Å². The number of fused-ring (bicyclic) bond motifs is 3. The number of benzene rings is 2. The molecule has 1 saturated carbocycles. The lowest BCUT2D eigenvalue weighted by Gasteiger charge is -2.12. The molecular formula is C21H17N3O. The van der Waals surface area contributed by atoms with Gasteiger partial charge in [-0.05, 0) is 36.1 Å². The number of aromatic amines is 1. The van der Waals surface area contributed by atoms with Crippen LogP contribution in [0, 0.1) is 0 Å². The molecule has 0 bridgehead atoms. The Balaban J connectivity index is 1.84. The molecule has 4 heteroatoms. The summed E-state index contributed by atoms with van der Waals surface area (Å²) in [5, 5.41) is 6.09. The SMILES string of the molecule is O=c1[nH]ccc2nc(NC3CC3)c3ccc(-c4ccccc4)cc3c12. The van der Waals surface area contributed by atoms with Gasteiger partial charge in [0.1, 0.15) is 5.82 Å². The fraction of sp³-hybridized carbons (Fsp3) is 0.143. The van der Waals surface area contributed by atoms with Gasteiger partial charge in [-0.3, -0.25) is 4.79 Å². The first kappa shape index (κ1) is 14.2. The Morgan fingerprint density at radius 1 is 0.960 bits per heavy atom. The molecule has 1 aliphatic rings. The van der Waals surface area contributed by atoms with Gasteiger partial charge in [0.05, 0.1) is 10.9 Å². The molecule has 1 fully saturated rings. The van der Waals surface area contributed by atoms with Crippen molar-refractivity contribution in [3.63, 3.8) is 0 Å². The fourth-order valence-corrected chi connectivity index (χ4v) is 3.30. The van der Waals surface area contributed by atoms with Crippen molar-refractivity contribution in [2.45, 2.75) is 18.9 Å². The van der Waals surface area contributed by atoms with Crippen molar-refractivity contribution in [3.05, 3.63) is 71.1 Å². The van der Waals surface area contributed by atoms with Gasteiger partial charge in [0, 0.05) is 23.0 Å². The van der Waals surface area contributed by atoms with E-state index in [4.69, 9.17) is 4.98 Å². The highest BCUT2D eigenvalue weighted by Crippen LogP contribution is 2.34. The molecule has 0 spiro atoms. The van der Waals surface area contributed by atoms with Crippen molar-refractivity contribution >= 4 is 27.5 Å². The molecule has 2 aromatic carbocycles. The average molecular weight is 327 g/mol. The second kappa shape index (κ2) is 5.45. The van der Waals surface area contributed by atoms with Gasteiger partial charge in [0.15, 0.2) is 0 Å². The first-order valence-electron chi connectivity index (χ1n) is 8.57. The van der Waals surface area contributed by atoms with Gasteiger partial charge in [-0.15, -0.1) is 0 Å².